The van der Waals surface area contributed by atoms with Crippen LogP contribution in [0.25, 0.3) is 0 Å². The summed E-state index contributed by atoms with van der Waals surface area (Å²) in [4.78, 5) is 11.9. The molecular formula is C19H19FN2O4S. The van der Waals surface area contributed by atoms with E-state index in [0.29, 0.717) is 11.1 Å². The molecule has 2 aromatic carbocycles. The molecular weight excluding hydrogens is 371 g/mol. The minimum atomic E-state index is -4.25. The smallest absolute Gasteiger partial charge is 0.324 e. The van der Waals surface area contributed by atoms with E-state index in [0.717, 1.165) is 12.1 Å². The Hall–Kier alpha value is -2.76. The first-order valence-corrected chi connectivity index (χ1v) is 9.66. The molecule has 27 heavy (non-hydrogen) atoms. The molecule has 0 heterocycles. The molecule has 6 nitrogen and oxygen atoms in total. The van der Waals surface area contributed by atoms with Crippen LogP contribution in [0.15, 0.2) is 53.4 Å². The molecule has 0 unspecified atom stereocenters. The Morgan fingerprint density at radius 1 is 1.19 bits per heavy atom. The normalized spacial score (nSPS) is 12.4. The maximum Gasteiger partial charge on any atom is 0.324 e. The second-order valence-electron chi connectivity index (χ2n) is 6.15. The molecule has 0 saturated heterocycles. The third-order valence-electron chi connectivity index (χ3n) is 3.84. The summed E-state index contributed by atoms with van der Waals surface area (Å²) in [5, 5.41) is 9.07. The molecule has 0 spiro atoms. The van der Waals surface area contributed by atoms with E-state index in [1.165, 1.54) is 12.1 Å². The summed E-state index contributed by atoms with van der Waals surface area (Å²) >= 11 is 0. The molecule has 1 N–H and O–H groups in total. The number of sulfonamides is 1. The Balaban J connectivity index is 2.16. The number of ether oxygens (including phenoxy) is 1. The van der Waals surface area contributed by atoms with Gasteiger partial charge in [-0.2, -0.15) is 9.98 Å². The van der Waals surface area contributed by atoms with Gasteiger partial charge in [0.15, 0.2) is 0 Å². The van der Waals surface area contributed by atoms with Crippen LogP contribution in [0.3, 0.4) is 0 Å². The fourth-order valence-electron chi connectivity index (χ4n) is 2.34. The highest BCUT2D eigenvalue weighted by molar-refractivity contribution is 7.89. The van der Waals surface area contributed by atoms with Gasteiger partial charge in [0.1, 0.15) is 23.4 Å². The lowest BCUT2D eigenvalue weighted by atomic mass is 10.1. The van der Waals surface area contributed by atoms with Crippen molar-refractivity contribution in [2.24, 2.45) is 5.92 Å². The zero-order chi connectivity index (χ0) is 20.0. The van der Waals surface area contributed by atoms with Crippen LogP contribution in [0.4, 0.5) is 4.39 Å². The van der Waals surface area contributed by atoms with Crippen LogP contribution in [0, 0.1) is 23.1 Å². The molecule has 8 heteroatoms. The first-order valence-electron chi connectivity index (χ1n) is 8.17. The van der Waals surface area contributed by atoms with Crippen LogP contribution in [0.2, 0.25) is 0 Å². The number of halogens is 1. The predicted molar refractivity (Wildman–Crippen MR) is 96.3 cm³/mol. The first-order chi connectivity index (χ1) is 12.8. The van der Waals surface area contributed by atoms with E-state index in [4.69, 9.17) is 10.00 Å². The van der Waals surface area contributed by atoms with Crippen molar-refractivity contribution in [3.05, 3.63) is 65.5 Å². The highest BCUT2D eigenvalue weighted by atomic mass is 32.2. The largest absolute Gasteiger partial charge is 0.460 e. The fraction of sp³-hybridized carbons (Fsp3) is 0.263. The third kappa shape index (κ3) is 5.12. The average Bonchev–Trinajstić information content (AvgIpc) is 2.64. The number of rotatable bonds is 7. The highest BCUT2D eigenvalue weighted by Gasteiger charge is 2.31. The van der Waals surface area contributed by atoms with Gasteiger partial charge in [-0.25, -0.2) is 12.8 Å². The second kappa shape index (κ2) is 8.75. The van der Waals surface area contributed by atoms with Crippen molar-refractivity contribution in [3.8, 4) is 6.07 Å². The van der Waals surface area contributed by atoms with Crippen molar-refractivity contribution in [3.63, 3.8) is 0 Å². The molecule has 1 atom stereocenters. The van der Waals surface area contributed by atoms with E-state index < -0.39 is 38.7 Å². The van der Waals surface area contributed by atoms with Gasteiger partial charge in [0, 0.05) is 5.56 Å². The van der Waals surface area contributed by atoms with Gasteiger partial charge in [0.2, 0.25) is 10.0 Å². The number of hydrogen-bond donors (Lipinski definition) is 1. The van der Waals surface area contributed by atoms with Gasteiger partial charge < -0.3 is 4.74 Å². The monoisotopic (exact) mass is 390 g/mol. The molecule has 0 aliphatic rings. The van der Waals surface area contributed by atoms with Crippen LogP contribution in [-0.2, 0) is 26.2 Å². The van der Waals surface area contributed by atoms with Crippen molar-refractivity contribution in [1.82, 2.24) is 4.72 Å². The average molecular weight is 390 g/mol. The first kappa shape index (κ1) is 20.6. The summed E-state index contributed by atoms with van der Waals surface area (Å²) in [6.07, 6.45) is 0. The number of nitriles is 1. The second-order valence-corrected chi connectivity index (χ2v) is 7.83. The van der Waals surface area contributed by atoms with Crippen molar-refractivity contribution in [2.45, 2.75) is 31.4 Å². The maximum atomic E-state index is 13.8. The lowest BCUT2D eigenvalue weighted by Crippen LogP contribution is -2.45. The van der Waals surface area contributed by atoms with Gasteiger partial charge in [-0.1, -0.05) is 44.2 Å². The Labute approximate surface area is 157 Å². The van der Waals surface area contributed by atoms with E-state index in [1.807, 2.05) is 6.07 Å². The molecule has 0 aromatic heterocycles. The maximum absolute atomic E-state index is 13.8. The van der Waals surface area contributed by atoms with Crippen molar-refractivity contribution in [2.75, 3.05) is 0 Å². The predicted octanol–water partition coefficient (Wildman–Crippen LogP) is 2.74. The van der Waals surface area contributed by atoms with Gasteiger partial charge in [-0.15, -0.1) is 0 Å². The quantitative estimate of drug-likeness (QED) is 0.734. The van der Waals surface area contributed by atoms with Crippen molar-refractivity contribution in [1.29, 1.82) is 5.26 Å². The molecule has 2 rings (SSSR count). The minimum Gasteiger partial charge on any atom is -0.460 e. The van der Waals surface area contributed by atoms with Gasteiger partial charge in [-0.3, -0.25) is 4.79 Å². The van der Waals surface area contributed by atoms with E-state index in [9.17, 15) is 17.6 Å². The number of esters is 1. The minimum absolute atomic E-state index is 0.173. The fourth-order valence-corrected chi connectivity index (χ4v) is 3.76. The van der Waals surface area contributed by atoms with E-state index in [1.54, 1.807) is 38.1 Å². The lowest BCUT2D eigenvalue weighted by Gasteiger charge is -2.21. The van der Waals surface area contributed by atoms with Gasteiger partial charge in [0.25, 0.3) is 0 Å². The molecule has 0 radical (unpaired) electrons. The molecule has 0 aliphatic heterocycles. The number of benzene rings is 2. The Bertz CT molecular complexity index is 968. The summed E-state index contributed by atoms with van der Waals surface area (Å²) in [7, 11) is -4.25. The van der Waals surface area contributed by atoms with E-state index >= 15 is 0 Å². The zero-order valence-electron chi connectivity index (χ0n) is 14.8. The third-order valence-corrected chi connectivity index (χ3v) is 5.31. The van der Waals surface area contributed by atoms with E-state index in [2.05, 4.69) is 4.72 Å². The Kier molecular flexibility index (Phi) is 6.66. The molecule has 0 amide bonds. The van der Waals surface area contributed by atoms with Crippen LogP contribution in [-0.4, -0.2) is 20.4 Å². The Morgan fingerprint density at radius 2 is 1.81 bits per heavy atom. The molecule has 0 bridgehead atoms. The zero-order valence-corrected chi connectivity index (χ0v) is 15.7. The van der Waals surface area contributed by atoms with E-state index in [-0.39, 0.29) is 6.61 Å². The van der Waals surface area contributed by atoms with Crippen molar-refractivity contribution >= 4 is 16.0 Å². The summed E-state index contributed by atoms with van der Waals surface area (Å²) in [6, 6.07) is 12.3. The topological polar surface area (TPSA) is 96.3 Å². The summed E-state index contributed by atoms with van der Waals surface area (Å²) in [5.74, 6) is -2.16. The summed E-state index contributed by atoms with van der Waals surface area (Å²) in [6.45, 7) is 3.10. The van der Waals surface area contributed by atoms with Gasteiger partial charge in [-0.05, 0) is 24.1 Å². The highest BCUT2D eigenvalue weighted by Crippen LogP contribution is 2.17. The number of carbonyl (C=O) groups excluding carboxylic acids is 1. The van der Waals surface area contributed by atoms with Crippen LogP contribution in [0.1, 0.15) is 25.0 Å². The molecule has 0 aliphatic carbocycles. The van der Waals surface area contributed by atoms with Gasteiger partial charge in [0.05, 0.1) is 11.6 Å². The SMILES string of the molecule is CC(C)[C@H](NS(=O)(=O)c1ccccc1F)C(=O)OCc1ccccc1C#N. The summed E-state index contributed by atoms with van der Waals surface area (Å²) < 4.78 is 46.1. The lowest BCUT2D eigenvalue weighted by molar-refractivity contribution is -0.148. The molecule has 0 fully saturated rings. The number of carbonyl (C=O) groups is 1. The standard InChI is InChI=1S/C19H19FN2O4S/c1-13(2)18(22-27(24,25)17-10-6-5-9-16(17)20)19(23)26-12-15-8-4-3-7-14(15)11-21/h3-10,13,18,22H,12H2,1-2H3/t18-/m0/s1. The number of nitrogens with zero attached hydrogens (tertiary/aromatic N) is 1. The van der Waals surface area contributed by atoms with Gasteiger partial charge >= 0.3 is 5.97 Å². The van der Waals surface area contributed by atoms with Crippen LogP contribution < -0.4 is 4.72 Å². The Morgan fingerprint density at radius 3 is 2.44 bits per heavy atom. The van der Waals surface area contributed by atoms with Crippen LogP contribution in [0.5, 0.6) is 0 Å². The summed E-state index contributed by atoms with van der Waals surface area (Å²) in [5.41, 5.74) is 0.867. The molecule has 142 valence electrons. The number of hydrogen-bond acceptors (Lipinski definition) is 5. The van der Waals surface area contributed by atoms with Crippen molar-refractivity contribution < 1.29 is 22.3 Å². The molecule has 0 saturated carbocycles. The van der Waals surface area contributed by atoms with Crippen LogP contribution >= 0.6 is 0 Å². The number of nitrogens with one attached hydrogen (secondary N) is 1. The molecule has 2 aromatic rings.